The predicted molar refractivity (Wildman–Crippen MR) is 153 cm³/mol. The Hall–Kier alpha value is -4.86. The van der Waals surface area contributed by atoms with E-state index < -0.39 is 11.5 Å². The van der Waals surface area contributed by atoms with Gasteiger partial charge in [0, 0.05) is 18.9 Å². The average molecular weight is 564 g/mol. The van der Waals surface area contributed by atoms with Crippen LogP contribution in [0.25, 0.3) is 11.0 Å². The second-order valence-corrected chi connectivity index (χ2v) is 9.06. The van der Waals surface area contributed by atoms with Gasteiger partial charge in [-0.15, -0.1) is 0 Å². The molecule has 0 saturated carbocycles. The monoisotopic (exact) mass is 563 g/mol. The van der Waals surface area contributed by atoms with Crippen LogP contribution in [-0.2, 0) is 11.3 Å². The second-order valence-electron chi connectivity index (χ2n) is 9.06. The first-order valence-electron chi connectivity index (χ1n) is 13.0. The maximum atomic E-state index is 13.4. The Morgan fingerprint density at radius 2 is 1.59 bits per heavy atom. The Balaban J connectivity index is 1.74. The smallest absolute Gasteiger partial charge is 0.343 e. The van der Waals surface area contributed by atoms with E-state index in [1.807, 2.05) is 13.0 Å². The van der Waals surface area contributed by atoms with E-state index in [2.05, 4.69) is 5.32 Å². The zero-order valence-corrected chi connectivity index (χ0v) is 23.6. The van der Waals surface area contributed by atoms with Gasteiger partial charge in [-0.3, -0.25) is 4.79 Å². The fourth-order valence-electron chi connectivity index (χ4n) is 4.70. The van der Waals surface area contributed by atoms with Gasteiger partial charge in [0.25, 0.3) is 0 Å². The maximum Gasteiger partial charge on any atom is 0.343 e. The third-order valence-electron chi connectivity index (χ3n) is 6.66. The molecule has 0 bridgehead atoms. The molecule has 1 amide bonds. The van der Waals surface area contributed by atoms with Crippen molar-refractivity contribution in [3.63, 3.8) is 0 Å². The molecule has 1 atom stereocenters. The predicted octanol–water partition coefficient (Wildman–Crippen LogP) is 4.77. The van der Waals surface area contributed by atoms with Crippen LogP contribution in [0.1, 0.15) is 36.0 Å². The van der Waals surface area contributed by atoms with Crippen LogP contribution in [0.3, 0.4) is 0 Å². The van der Waals surface area contributed by atoms with Gasteiger partial charge in [0.1, 0.15) is 11.3 Å². The fraction of sp³-hybridized carbons (Fsp3) is 0.290. The lowest BCUT2D eigenvalue weighted by molar-refractivity contribution is -0.121. The summed E-state index contributed by atoms with van der Waals surface area (Å²) in [6, 6.07) is 15.3. The van der Waals surface area contributed by atoms with Crippen LogP contribution < -0.4 is 34.6 Å². The molecular weight excluding hydrogens is 530 g/mol. The van der Waals surface area contributed by atoms with Gasteiger partial charge in [-0.2, -0.15) is 0 Å². The molecule has 10 heteroatoms. The number of benzene rings is 3. The molecule has 0 saturated heterocycles. The van der Waals surface area contributed by atoms with Crippen LogP contribution in [0, 0.1) is 0 Å². The van der Waals surface area contributed by atoms with Gasteiger partial charge in [-0.1, -0.05) is 18.2 Å². The van der Waals surface area contributed by atoms with E-state index in [9.17, 15) is 14.7 Å². The molecule has 0 aliphatic rings. The van der Waals surface area contributed by atoms with Crippen molar-refractivity contribution in [2.45, 2.75) is 25.8 Å². The third-order valence-corrected chi connectivity index (χ3v) is 6.66. The Morgan fingerprint density at radius 1 is 0.902 bits per heavy atom. The SMILES string of the molecule is CCOc1cc(CNC(=O)CC(c2cc(OC)c(OC)c(OC)c2)c2c(O)c3ccccc3oc2=O)ccc1OC. The van der Waals surface area contributed by atoms with Crippen molar-refractivity contribution in [1.29, 1.82) is 0 Å². The molecule has 0 aliphatic carbocycles. The zero-order valence-electron chi connectivity index (χ0n) is 23.6. The van der Waals surface area contributed by atoms with Crippen LogP contribution in [0.15, 0.2) is 63.8 Å². The molecule has 0 spiro atoms. The van der Waals surface area contributed by atoms with Gasteiger partial charge in [0.05, 0.1) is 46.0 Å². The largest absolute Gasteiger partial charge is 0.507 e. The van der Waals surface area contributed by atoms with E-state index in [-0.39, 0.29) is 35.8 Å². The Bertz CT molecular complexity index is 1570. The van der Waals surface area contributed by atoms with Crippen LogP contribution in [0.5, 0.6) is 34.5 Å². The molecule has 0 aliphatic heterocycles. The molecular formula is C31H33NO9. The van der Waals surface area contributed by atoms with E-state index in [1.54, 1.807) is 55.6 Å². The first kappa shape index (κ1) is 29.1. The molecule has 0 radical (unpaired) electrons. The summed E-state index contributed by atoms with van der Waals surface area (Å²) in [5.74, 6) is 0.612. The lowest BCUT2D eigenvalue weighted by Gasteiger charge is -2.21. The number of carbonyl (C=O) groups excluding carboxylic acids is 1. The summed E-state index contributed by atoms with van der Waals surface area (Å²) in [5.41, 5.74) is 0.688. The minimum absolute atomic E-state index is 0.0591. The normalized spacial score (nSPS) is 11.5. The quantitative estimate of drug-likeness (QED) is 0.235. The van der Waals surface area contributed by atoms with Crippen molar-refractivity contribution in [1.82, 2.24) is 5.32 Å². The number of hydrogen-bond acceptors (Lipinski definition) is 9. The Morgan fingerprint density at radius 3 is 2.22 bits per heavy atom. The molecule has 4 aromatic rings. The summed E-state index contributed by atoms with van der Waals surface area (Å²) >= 11 is 0. The summed E-state index contributed by atoms with van der Waals surface area (Å²) in [7, 11) is 5.97. The van der Waals surface area contributed by atoms with Crippen molar-refractivity contribution < 1.29 is 38.0 Å². The van der Waals surface area contributed by atoms with E-state index in [1.165, 1.54) is 21.3 Å². The highest BCUT2D eigenvalue weighted by atomic mass is 16.5. The Kier molecular flexibility index (Phi) is 9.23. The molecule has 2 N–H and O–H groups in total. The third kappa shape index (κ3) is 6.16. The first-order valence-corrected chi connectivity index (χ1v) is 13.0. The number of fused-ring (bicyclic) bond motifs is 1. The number of hydrogen-bond donors (Lipinski definition) is 2. The summed E-state index contributed by atoms with van der Waals surface area (Å²) < 4.78 is 33.0. The van der Waals surface area contributed by atoms with Crippen LogP contribution in [0.4, 0.5) is 0 Å². The number of rotatable bonds is 12. The van der Waals surface area contributed by atoms with Gasteiger partial charge in [-0.25, -0.2) is 4.79 Å². The van der Waals surface area contributed by atoms with Gasteiger partial charge in [-0.05, 0) is 54.4 Å². The van der Waals surface area contributed by atoms with Crippen molar-refractivity contribution in [3.8, 4) is 34.5 Å². The average Bonchev–Trinajstić information content (AvgIpc) is 2.99. The number of amides is 1. The van der Waals surface area contributed by atoms with Crippen molar-refractivity contribution in [2.24, 2.45) is 0 Å². The highest BCUT2D eigenvalue weighted by Gasteiger charge is 2.29. The topological polar surface area (TPSA) is 126 Å². The highest BCUT2D eigenvalue weighted by Crippen LogP contribution is 2.43. The van der Waals surface area contributed by atoms with Crippen molar-refractivity contribution >= 4 is 16.9 Å². The van der Waals surface area contributed by atoms with E-state index >= 15 is 0 Å². The molecule has 1 unspecified atom stereocenters. The molecule has 41 heavy (non-hydrogen) atoms. The number of aromatic hydroxyl groups is 1. The molecule has 4 rings (SSSR count). The molecule has 1 heterocycles. The van der Waals surface area contributed by atoms with Crippen LogP contribution in [-0.4, -0.2) is 46.1 Å². The number of ether oxygens (including phenoxy) is 5. The van der Waals surface area contributed by atoms with Gasteiger partial charge < -0.3 is 38.5 Å². The summed E-state index contributed by atoms with van der Waals surface area (Å²) in [5, 5.41) is 14.5. The zero-order chi connectivity index (χ0) is 29.5. The second kappa shape index (κ2) is 13.0. The Labute approximate surface area is 237 Å². The minimum Gasteiger partial charge on any atom is -0.507 e. The van der Waals surface area contributed by atoms with Crippen molar-refractivity contribution in [2.75, 3.05) is 35.0 Å². The number of carbonyl (C=O) groups is 1. The standard InChI is InChI=1S/C31H33NO9/c1-6-40-24-13-18(11-12-23(24)36-2)17-32-27(33)16-21(19-14-25(37-3)30(39-5)26(15-19)38-4)28-29(34)20-9-7-8-10-22(20)41-31(28)35/h7-15,21,34H,6,16-17H2,1-5H3,(H,32,33). The van der Waals surface area contributed by atoms with E-state index in [0.29, 0.717) is 46.3 Å². The lowest BCUT2D eigenvalue weighted by atomic mass is 9.87. The summed E-state index contributed by atoms with van der Waals surface area (Å²) in [6.07, 6.45) is -0.191. The minimum atomic E-state index is -0.917. The molecule has 10 nitrogen and oxygen atoms in total. The van der Waals surface area contributed by atoms with Crippen molar-refractivity contribution in [3.05, 3.63) is 81.7 Å². The van der Waals surface area contributed by atoms with Gasteiger partial charge >= 0.3 is 5.63 Å². The summed E-state index contributed by atoms with van der Waals surface area (Å²) in [6.45, 7) is 2.53. The van der Waals surface area contributed by atoms with Crippen LogP contribution >= 0.6 is 0 Å². The molecule has 3 aromatic carbocycles. The molecule has 216 valence electrons. The lowest BCUT2D eigenvalue weighted by Crippen LogP contribution is -2.26. The highest BCUT2D eigenvalue weighted by molar-refractivity contribution is 5.85. The molecule has 0 fully saturated rings. The van der Waals surface area contributed by atoms with Gasteiger partial charge in [0.15, 0.2) is 23.0 Å². The first-order chi connectivity index (χ1) is 19.8. The number of nitrogens with one attached hydrogen (secondary N) is 1. The number of para-hydroxylation sites is 1. The summed E-state index contributed by atoms with van der Waals surface area (Å²) in [4.78, 5) is 26.6. The van der Waals surface area contributed by atoms with E-state index in [4.69, 9.17) is 28.1 Å². The number of methoxy groups -OCH3 is 4. The molecule has 1 aromatic heterocycles. The maximum absolute atomic E-state index is 13.4. The van der Waals surface area contributed by atoms with E-state index in [0.717, 1.165) is 5.56 Å². The fourth-order valence-corrected chi connectivity index (χ4v) is 4.70. The van der Waals surface area contributed by atoms with Crippen LogP contribution in [0.2, 0.25) is 0 Å². The van der Waals surface area contributed by atoms with Gasteiger partial charge in [0.2, 0.25) is 11.7 Å².